The topological polar surface area (TPSA) is 88.3 Å². The molecule has 0 spiro atoms. The van der Waals surface area contributed by atoms with Crippen molar-refractivity contribution in [3.8, 4) is 10.7 Å². The molecule has 1 aliphatic heterocycles. The Bertz CT molecular complexity index is 758. The minimum Gasteiger partial charge on any atom is -0.338 e. The van der Waals surface area contributed by atoms with Crippen LogP contribution in [0.4, 0.5) is 0 Å². The van der Waals surface area contributed by atoms with Gasteiger partial charge in [0.2, 0.25) is 21.7 Å². The highest BCUT2D eigenvalue weighted by atomic mass is 79.9. The van der Waals surface area contributed by atoms with Crippen LogP contribution in [0.5, 0.6) is 0 Å². The minimum absolute atomic E-state index is 0.381. The van der Waals surface area contributed by atoms with Crippen LogP contribution in [-0.2, 0) is 16.6 Å². The standard InChI is InChI=1S/C12H15BrN4O3S2/c1-14-22(18,19)9-2-3-17(5-9)6-11-15-12(16-20-11)10-4-8(13)7-21-10/h4,7,9,14H,2-3,5-6H2,1H3. The fourth-order valence-electron chi connectivity index (χ4n) is 2.40. The van der Waals surface area contributed by atoms with E-state index in [9.17, 15) is 8.42 Å². The lowest BCUT2D eigenvalue weighted by Gasteiger charge is -2.13. The highest BCUT2D eigenvalue weighted by Crippen LogP contribution is 2.28. The number of rotatable bonds is 5. The predicted octanol–water partition coefficient (Wildman–Crippen LogP) is 1.68. The number of hydrogen-bond donors (Lipinski definition) is 1. The first kappa shape index (κ1) is 16.1. The summed E-state index contributed by atoms with van der Waals surface area (Å²) in [5.41, 5.74) is 0. The van der Waals surface area contributed by atoms with Gasteiger partial charge in [0, 0.05) is 22.9 Å². The molecule has 1 fully saturated rings. The van der Waals surface area contributed by atoms with E-state index in [1.807, 2.05) is 16.3 Å². The van der Waals surface area contributed by atoms with E-state index in [1.54, 1.807) is 0 Å². The smallest absolute Gasteiger partial charge is 0.241 e. The van der Waals surface area contributed by atoms with Gasteiger partial charge in [-0.3, -0.25) is 4.90 Å². The van der Waals surface area contributed by atoms with Crippen molar-refractivity contribution in [3.63, 3.8) is 0 Å². The molecule has 0 aliphatic carbocycles. The molecule has 2 aromatic rings. The molecule has 10 heteroatoms. The van der Waals surface area contributed by atoms with Gasteiger partial charge in [0.25, 0.3) is 0 Å². The third-order valence-corrected chi connectivity index (χ3v) is 7.09. The van der Waals surface area contributed by atoms with Crippen LogP contribution in [0.2, 0.25) is 0 Å². The molecule has 0 amide bonds. The van der Waals surface area contributed by atoms with Crippen molar-refractivity contribution in [2.45, 2.75) is 18.2 Å². The molecule has 1 unspecified atom stereocenters. The number of nitrogens with zero attached hydrogens (tertiary/aromatic N) is 3. The first-order chi connectivity index (χ1) is 10.5. The summed E-state index contributed by atoms with van der Waals surface area (Å²) in [6.45, 7) is 1.65. The Kier molecular flexibility index (Phi) is 4.64. The van der Waals surface area contributed by atoms with Gasteiger partial charge < -0.3 is 4.52 Å². The maximum absolute atomic E-state index is 11.8. The van der Waals surface area contributed by atoms with Crippen LogP contribution in [0.3, 0.4) is 0 Å². The van der Waals surface area contributed by atoms with Gasteiger partial charge in [-0.25, -0.2) is 13.1 Å². The summed E-state index contributed by atoms with van der Waals surface area (Å²) in [5, 5.41) is 5.55. The zero-order chi connectivity index (χ0) is 15.7. The van der Waals surface area contributed by atoms with Crippen LogP contribution in [0.1, 0.15) is 12.3 Å². The molecule has 1 aliphatic rings. The van der Waals surface area contributed by atoms with Crippen LogP contribution < -0.4 is 4.72 Å². The van der Waals surface area contributed by atoms with E-state index in [0.29, 0.717) is 37.8 Å². The molecule has 0 bridgehead atoms. The van der Waals surface area contributed by atoms with Crippen LogP contribution in [0, 0.1) is 0 Å². The Morgan fingerprint density at radius 3 is 3.09 bits per heavy atom. The lowest BCUT2D eigenvalue weighted by Crippen LogP contribution is -2.34. The molecule has 1 N–H and O–H groups in total. The normalized spacial score (nSPS) is 19.8. The second kappa shape index (κ2) is 6.36. The van der Waals surface area contributed by atoms with E-state index in [2.05, 4.69) is 30.8 Å². The Morgan fingerprint density at radius 2 is 2.41 bits per heavy atom. The number of aromatic nitrogens is 2. The lowest BCUT2D eigenvalue weighted by molar-refractivity contribution is 0.268. The van der Waals surface area contributed by atoms with Crippen molar-refractivity contribution >= 4 is 37.3 Å². The summed E-state index contributed by atoms with van der Waals surface area (Å²) in [4.78, 5) is 7.31. The molecule has 1 saturated heterocycles. The molecule has 120 valence electrons. The number of sulfonamides is 1. The van der Waals surface area contributed by atoms with Crippen LogP contribution in [0.15, 0.2) is 20.4 Å². The van der Waals surface area contributed by atoms with Gasteiger partial charge in [-0.1, -0.05) is 5.16 Å². The van der Waals surface area contributed by atoms with Gasteiger partial charge >= 0.3 is 0 Å². The van der Waals surface area contributed by atoms with E-state index in [0.717, 1.165) is 9.35 Å². The minimum atomic E-state index is -3.22. The van der Waals surface area contributed by atoms with Crippen molar-refractivity contribution in [3.05, 3.63) is 21.8 Å². The molecular formula is C12H15BrN4O3S2. The second-order valence-corrected chi connectivity index (χ2v) is 9.03. The zero-order valence-corrected chi connectivity index (χ0v) is 15.0. The summed E-state index contributed by atoms with van der Waals surface area (Å²) < 4.78 is 32.2. The molecule has 0 radical (unpaired) electrons. The van der Waals surface area contributed by atoms with Crippen LogP contribution >= 0.6 is 27.3 Å². The number of hydrogen-bond acceptors (Lipinski definition) is 7. The molecule has 3 rings (SSSR count). The molecule has 7 nitrogen and oxygen atoms in total. The fourth-order valence-corrected chi connectivity index (χ4v) is 4.91. The van der Waals surface area contributed by atoms with Crippen LogP contribution in [0.25, 0.3) is 10.7 Å². The summed E-state index contributed by atoms with van der Waals surface area (Å²) in [7, 11) is -1.77. The average Bonchev–Trinajstić information content (AvgIpc) is 3.20. The number of halogens is 1. The highest BCUT2D eigenvalue weighted by Gasteiger charge is 2.32. The van der Waals surface area contributed by atoms with Gasteiger partial charge in [-0.05, 0) is 35.5 Å². The van der Waals surface area contributed by atoms with Crippen molar-refractivity contribution in [1.29, 1.82) is 0 Å². The Labute approximate surface area is 140 Å². The molecule has 22 heavy (non-hydrogen) atoms. The van der Waals surface area contributed by atoms with E-state index >= 15 is 0 Å². The summed E-state index contributed by atoms with van der Waals surface area (Å²) >= 11 is 4.92. The van der Waals surface area contributed by atoms with Crippen molar-refractivity contribution in [2.24, 2.45) is 0 Å². The molecular weight excluding hydrogens is 392 g/mol. The summed E-state index contributed by atoms with van der Waals surface area (Å²) in [6.07, 6.45) is 0.613. The van der Waals surface area contributed by atoms with Gasteiger partial charge in [-0.2, -0.15) is 4.98 Å². The zero-order valence-electron chi connectivity index (χ0n) is 11.8. The largest absolute Gasteiger partial charge is 0.338 e. The number of nitrogens with one attached hydrogen (secondary N) is 1. The van der Waals surface area contributed by atoms with Crippen molar-refractivity contribution < 1.29 is 12.9 Å². The highest BCUT2D eigenvalue weighted by molar-refractivity contribution is 9.10. The van der Waals surface area contributed by atoms with E-state index < -0.39 is 10.0 Å². The van der Waals surface area contributed by atoms with Gasteiger partial charge in [0.1, 0.15) is 0 Å². The monoisotopic (exact) mass is 406 g/mol. The Hall–Kier alpha value is -0.810. The third kappa shape index (κ3) is 3.40. The predicted molar refractivity (Wildman–Crippen MR) is 87.0 cm³/mol. The van der Waals surface area contributed by atoms with Gasteiger partial charge in [-0.15, -0.1) is 11.3 Å². The van der Waals surface area contributed by atoms with Gasteiger partial charge in [0.15, 0.2) is 0 Å². The van der Waals surface area contributed by atoms with E-state index in [1.165, 1.54) is 18.4 Å². The SMILES string of the molecule is CNS(=O)(=O)C1CCN(Cc2nc(-c3cc(Br)cs3)no2)C1. The number of thiophene rings is 1. The molecule has 0 saturated carbocycles. The van der Waals surface area contributed by atoms with Crippen molar-refractivity contribution in [2.75, 3.05) is 20.1 Å². The molecule has 3 heterocycles. The molecule has 0 aromatic carbocycles. The second-order valence-electron chi connectivity index (χ2n) is 5.04. The first-order valence-electron chi connectivity index (χ1n) is 6.69. The quantitative estimate of drug-likeness (QED) is 0.812. The first-order valence-corrected chi connectivity index (χ1v) is 9.91. The van der Waals surface area contributed by atoms with E-state index in [-0.39, 0.29) is 5.25 Å². The summed E-state index contributed by atoms with van der Waals surface area (Å²) in [5.74, 6) is 1.06. The van der Waals surface area contributed by atoms with Crippen LogP contribution in [-0.4, -0.2) is 48.8 Å². The van der Waals surface area contributed by atoms with E-state index in [4.69, 9.17) is 4.52 Å². The lowest BCUT2D eigenvalue weighted by atomic mass is 10.4. The Morgan fingerprint density at radius 1 is 1.59 bits per heavy atom. The Balaban J connectivity index is 1.64. The fraction of sp³-hybridized carbons (Fsp3) is 0.500. The maximum Gasteiger partial charge on any atom is 0.241 e. The molecule has 2 aromatic heterocycles. The van der Waals surface area contributed by atoms with Gasteiger partial charge in [0.05, 0.1) is 16.7 Å². The number of likely N-dealkylation sites (tertiary alicyclic amines) is 1. The van der Waals surface area contributed by atoms with Crippen molar-refractivity contribution in [1.82, 2.24) is 19.8 Å². The summed E-state index contributed by atoms with van der Waals surface area (Å²) in [6, 6.07) is 1.94. The average molecular weight is 407 g/mol. The molecule has 1 atom stereocenters. The maximum atomic E-state index is 11.8. The third-order valence-electron chi connectivity index (χ3n) is 3.57.